The van der Waals surface area contributed by atoms with Gasteiger partial charge in [0.25, 0.3) is 14.2 Å². The van der Waals surface area contributed by atoms with E-state index in [9.17, 15) is 9.59 Å². The van der Waals surface area contributed by atoms with Gasteiger partial charge in [0.15, 0.2) is 5.79 Å². The van der Waals surface area contributed by atoms with Crippen LogP contribution in [-0.4, -0.2) is 67.9 Å². The normalized spacial score (nSPS) is 24.2. The van der Waals surface area contributed by atoms with Gasteiger partial charge in [-0.05, 0) is 59.9 Å². The summed E-state index contributed by atoms with van der Waals surface area (Å²) in [4.78, 5) is 28.4. The lowest BCUT2D eigenvalue weighted by atomic mass is 9.89. The third-order valence-electron chi connectivity index (χ3n) is 8.82. The first-order valence-electron chi connectivity index (χ1n) is 15.8. The van der Waals surface area contributed by atoms with Gasteiger partial charge in [0.05, 0.1) is 18.8 Å². The van der Waals surface area contributed by atoms with Gasteiger partial charge in [0, 0.05) is 17.5 Å². The highest BCUT2D eigenvalue weighted by Crippen LogP contribution is 2.42. The first kappa shape index (κ1) is 34.2. The fourth-order valence-electron chi connectivity index (χ4n) is 6.96. The number of rotatable bonds is 9. The number of benzene rings is 3. The number of hydrogen-bond donors (Lipinski definition) is 0. The van der Waals surface area contributed by atoms with E-state index in [0.717, 1.165) is 10.4 Å². The Labute approximate surface area is 278 Å². The number of fused-ring (bicyclic) bond motifs is 1. The van der Waals surface area contributed by atoms with E-state index in [1.165, 1.54) is 11.8 Å². The summed E-state index contributed by atoms with van der Waals surface area (Å²) in [6.45, 7) is 15.9. The second-order valence-corrected chi connectivity index (χ2v) is 18.2. The average Bonchev–Trinajstić information content (AvgIpc) is 3.34. The van der Waals surface area contributed by atoms with Gasteiger partial charge in [-0.3, -0.25) is 14.5 Å². The summed E-state index contributed by atoms with van der Waals surface area (Å²) in [5, 5.41) is 2.56. The predicted octanol–water partition coefficient (Wildman–Crippen LogP) is 6.14. The van der Waals surface area contributed by atoms with E-state index >= 15 is 0 Å². The van der Waals surface area contributed by atoms with Crippen molar-refractivity contribution < 1.29 is 28.2 Å². The Morgan fingerprint density at radius 2 is 1.46 bits per heavy atom. The Morgan fingerprint density at radius 1 is 0.913 bits per heavy atom. The molecule has 0 unspecified atom stereocenters. The van der Waals surface area contributed by atoms with Gasteiger partial charge in [0.2, 0.25) is 5.91 Å². The van der Waals surface area contributed by atoms with E-state index in [4.69, 9.17) is 30.2 Å². The van der Waals surface area contributed by atoms with Crippen molar-refractivity contribution in [1.29, 1.82) is 0 Å². The van der Waals surface area contributed by atoms with E-state index in [1.807, 2.05) is 26.0 Å². The molecule has 0 spiro atoms. The number of carbonyl (C=O) groups is 2. The highest BCUT2D eigenvalue weighted by Gasteiger charge is 2.59. The number of hydrogen-bond acceptors (Lipinski definition) is 6. The lowest BCUT2D eigenvalue weighted by Crippen LogP contribution is -2.69. The van der Waals surface area contributed by atoms with Crippen LogP contribution >= 0.6 is 11.6 Å². The number of amides is 2. The van der Waals surface area contributed by atoms with Crippen molar-refractivity contribution in [2.45, 2.75) is 89.2 Å². The van der Waals surface area contributed by atoms with Crippen LogP contribution in [0.4, 0.5) is 0 Å². The maximum absolute atomic E-state index is 13.9. The molecule has 5 atom stereocenters. The molecule has 5 rings (SSSR count). The molecule has 3 aromatic carbocycles. The first-order valence-corrected chi connectivity index (χ1v) is 18.0. The average molecular weight is 662 g/mol. The van der Waals surface area contributed by atoms with Crippen LogP contribution in [0.1, 0.15) is 58.3 Å². The highest BCUT2D eigenvalue weighted by atomic mass is 35.5. The largest absolute Gasteiger partial charge is 0.405 e. The molecule has 2 aliphatic rings. The monoisotopic (exact) mass is 661 g/mol. The smallest absolute Gasteiger partial charge is 0.261 e. The molecule has 0 bridgehead atoms. The molecule has 3 aromatic rings. The molecule has 244 valence electrons. The van der Waals surface area contributed by atoms with Crippen molar-refractivity contribution >= 4 is 42.1 Å². The minimum atomic E-state index is -2.90. The summed E-state index contributed by atoms with van der Waals surface area (Å²) in [5.74, 6) is -1.86. The fraction of sp³-hybridized carbons (Fsp3) is 0.405. The lowest BCUT2D eigenvalue weighted by molar-refractivity contribution is -0.177. The van der Waals surface area contributed by atoms with Crippen LogP contribution in [0.15, 0.2) is 97.6 Å². The van der Waals surface area contributed by atoms with E-state index in [1.54, 1.807) is 30.3 Å². The summed E-state index contributed by atoms with van der Waals surface area (Å²) < 4.78 is 27.1. The molecule has 2 aliphatic heterocycles. The number of imide groups is 1. The first-order chi connectivity index (χ1) is 21.8. The molecule has 7 nitrogen and oxygen atoms in total. The summed E-state index contributed by atoms with van der Waals surface area (Å²) in [6, 6.07) is 26.6. The zero-order chi connectivity index (χ0) is 33.3. The van der Waals surface area contributed by atoms with Gasteiger partial charge in [-0.15, -0.1) is 6.58 Å². The van der Waals surface area contributed by atoms with Crippen LogP contribution in [0.5, 0.6) is 0 Å². The zero-order valence-corrected chi connectivity index (χ0v) is 29.2. The van der Waals surface area contributed by atoms with E-state index in [2.05, 4.69) is 75.9 Å². The van der Waals surface area contributed by atoms with Gasteiger partial charge >= 0.3 is 0 Å². The van der Waals surface area contributed by atoms with E-state index < -0.39 is 56.4 Å². The maximum Gasteiger partial charge on any atom is 0.261 e. The standard InChI is InChI=1S/C37H44ClNO6Si/c1-8-15-30-32(39(25(2)40)35(41)26-20-22-27(38)23-21-26)34-33(44-37(6,7)45-34)31(43-30)24-42-46(36(3,4)5,28-16-11-9-12-17-28)29-18-13-10-14-19-29/h8-14,16-23,30-34H,1,15,24H2,2-7H3/t30-,31-,32+,33+,34-/m1/s1. The summed E-state index contributed by atoms with van der Waals surface area (Å²) >= 11 is 6.09. The Bertz CT molecular complexity index is 1490. The molecule has 2 fully saturated rings. The van der Waals surface area contributed by atoms with Crippen LogP contribution < -0.4 is 10.4 Å². The molecule has 0 N–H and O–H groups in total. The Hall–Kier alpha value is -3.11. The third-order valence-corrected chi connectivity index (χ3v) is 14.1. The fourth-order valence-corrected chi connectivity index (χ4v) is 11.7. The van der Waals surface area contributed by atoms with Crippen molar-refractivity contribution in [3.05, 3.63) is 108 Å². The second-order valence-electron chi connectivity index (χ2n) is 13.5. The van der Waals surface area contributed by atoms with Crippen LogP contribution in [0.3, 0.4) is 0 Å². The molecule has 9 heteroatoms. The van der Waals surface area contributed by atoms with Gasteiger partial charge in [0.1, 0.15) is 18.3 Å². The molecular weight excluding hydrogens is 618 g/mol. The highest BCUT2D eigenvalue weighted by molar-refractivity contribution is 6.99. The van der Waals surface area contributed by atoms with Crippen LogP contribution in [0.25, 0.3) is 0 Å². The van der Waals surface area contributed by atoms with Gasteiger partial charge in [-0.1, -0.05) is 99.1 Å². The predicted molar refractivity (Wildman–Crippen MR) is 183 cm³/mol. The number of halogens is 1. The zero-order valence-electron chi connectivity index (χ0n) is 27.4. The van der Waals surface area contributed by atoms with Crippen molar-refractivity contribution in [1.82, 2.24) is 4.90 Å². The molecular formula is C37H44ClNO6Si. The number of nitrogens with zero attached hydrogens (tertiary/aromatic N) is 1. The molecule has 0 aliphatic carbocycles. The van der Waals surface area contributed by atoms with Crippen molar-refractivity contribution in [2.75, 3.05) is 6.61 Å². The van der Waals surface area contributed by atoms with Crippen LogP contribution in [-0.2, 0) is 23.4 Å². The topological polar surface area (TPSA) is 74.3 Å². The van der Waals surface area contributed by atoms with E-state index in [-0.39, 0.29) is 11.6 Å². The maximum atomic E-state index is 13.9. The molecule has 0 radical (unpaired) electrons. The minimum absolute atomic E-state index is 0.222. The summed E-state index contributed by atoms with van der Waals surface area (Å²) in [5.41, 5.74) is 0.337. The summed E-state index contributed by atoms with van der Waals surface area (Å²) in [6.07, 6.45) is -0.311. The molecule has 2 heterocycles. The SMILES string of the molecule is C=CC[C@H]1O[C@H](CO[Si](c2ccccc2)(c2ccccc2)C(C)(C)C)[C@@H]2OC(C)(C)O[C@@H]2[C@H]1N(C(C)=O)C(=O)c1ccc(Cl)cc1. The van der Waals surface area contributed by atoms with Crippen molar-refractivity contribution in [3.8, 4) is 0 Å². The van der Waals surface area contributed by atoms with E-state index in [0.29, 0.717) is 17.0 Å². The van der Waals surface area contributed by atoms with Crippen molar-refractivity contribution in [2.24, 2.45) is 0 Å². The Morgan fingerprint density at radius 3 is 1.96 bits per heavy atom. The molecule has 0 aromatic heterocycles. The quantitative estimate of drug-likeness (QED) is 0.203. The number of ether oxygens (including phenoxy) is 3. The van der Waals surface area contributed by atoms with Crippen LogP contribution in [0.2, 0.25) is 10.1 Å². The molecule has 2 amide bonds. The van der Waals surface area contributed by atoms with Crippen LogP contribution in [0, 0.1) is 0 Å². The number of carbonyl (C=O) groups excluding carboxylic acids is 2. The lowest BCUT2D eigenvalue weighted by Gasteiger charge is -2.48. The molecule has 0 saturated carbocycles. The minimum Gasteiger partial charge on any atom is -0.405 e. The molecule has 46 heavy (non-hydrogen) atoms. The van der Waals surface area contributed by atoms with Gasteiger partial charge in [-0.2, -0.15) is 0 Å². The Kier molecular flexibility index (Phi) is 10.1. The Balaban J connectivity index is 1.54. The van der Waals surface area contributed by atoms with Gasteiger partial charge < -0.3 is 18.6 Å². The van der Waals surface area contributed by atoms with Crippen molar-refractivity contribution in [3.63, 3.8) is 0 Å². The second kappa shape index (κ2) is 13.6. The molecule has 2 saturated heterocycles. The summed E-state index contributed by atoms with van der Waals surface area (Å²) in [7, 11) is -2.90. The van der Waals surface area contributed by atoms with Gasteiger partial charge in [-0.25, -0.2) is 0 Å². The third kappa shape index (κ3) is 6.65.